The highest BCUT2D eigenvalue weighted by Crippen LogP contribution is 2.28. The van der Waals surface area contributed by atoms with Crippen LogP contribution < -0.4 is 20.5 Å². The molecule has 0 bridgehead atoms. The lowest BCUT2D eigenvalue weighted by molar-refractivity contribution is 0.217. The third-order valence-corrected chi connectivity index (χ3v) is 3.05. The molecule has 1 atom stereocenters. The molecule has 0 aliphatic carbocycles. The minimum absolute atomic E-state index is 0.171. The van der Waals surface area contributed by atoms with Gasteiger partial charge in [-0.1, -0.05) is 13.0 Å². The van der Waals surface area contributed by atoms with Crippen molar-refractivity contribution in [2.45, 2.75) is 26.4 Å². The fraction of sp³-hybridized carbons (Fsp3) is 0.333. The van der Waals surface area contributed by atoms with E-state index in [4.69, 9.17) is 15.2 Å². The quantitative estimate of drug-likeness (QED) is 0.850. The van der Waals surface area contributed by atoms with Crippen LogP contribution in [0.1, 0.15) is 20.3 Å². The lowest BCUT2D eigenvalue weighted by Gasteiger charge is -2.14. The number of hydrogen-bond donors (Lipinski definition) is 2. The molecule has 1 unspecified atom stereocenters. The molecule has 0 fully saturated rings. The Hall–Kier alpha value is -2.50. The van der Waals surface area contributed by atoms with Crippen molar-refractivity contribution in [3.05, 3.63) is 30.6 Å². The van der Waals surface area contributed by atoms with Gasteiger partial charge in [-0.25, -0.2) is 4.98 Å². The third-order valence-electron chi connectivity index (χ3n) is 3.05. The Morgan fingerprint density at radius 3 is 2.86 bits per heavy atom. The zero-order valence-electron chi connectivity index (χ0n) is 12.5. The molecule has 0 saturated carbocycles. The van der Waals surface area contributed by atoms with Crippen molar-refractivity contribution in [1.29, 1.82) is 0 Å². The van der Waals surface area contributed by atoms with Gasteiger partial charge in [0.25, 0.3) is 0 Å². The van der Waals surface area contributed by atoms with Gasteiger partial charge in [-0.15, -0.1) is 0 Å². The van der Waals surface area contributed by atoms with Crippen LogP contribution in [0.25, 0.3) is 0 Å². The topological polar surface area (TPSA) is 82.3 Å². The van der Waals surface area contributed by atoms with Crippen molar-refractivity contribution in [2.24, 2.45) is 0 Å². The summed E-state index contributed by atoms with van der Waals surface area (Å²) in [4.78, 5) is 8.06. The van der Waals surface area contributed by atoms with E-state index in [1.54, 1.807) is 0 Å². The Morgan fingerprint density at radius 1 is 1.33 bits per heavy atom. The molecule has 2 rings (SSSR count). The molecule has 0 aliphatic rings. The maximum absolute atomic E-state index is 5.94. The number of methoxy groups -OCH3 is 1. The number of nitrogen functional groups attached to an aromatic ring is 1. The highest BCUT2D eigenvalue weighted by Gasteiger charge is 2.09. The summed E-state index contributed by atoms with van der Waals surface area (Å²) >= 11 is 0. The van der Waals surface area contributed by atoms with Crippen molar-refractivity contribution in [2.75, 3.05) is 18.2 Å². The van der Waals surface area contributed by atoms with Crippen LogP contribution in [0.4, 0.5) is 17.2 Å². The summed E-state index contributed by atoms with van der Waals surface area (Å²) in [6.45, 7) is 4.12. The van der Waals surface area contributed by atoms with Gasteiger partial charge in [0.2, 0.25) is 5.88 Å². The zero-order chi connectivity index (χ0) is 15.2. The molecular formula is C15H20N4O2. The summed E-state index contributed by atoms with van der Waals surface area (Å²) in [6, 6.07) is 7.65. The predicted molar refractivity (Wildman–Crippen MR) is 83.1 cm³/mol. The van der Waals surface area contributed by atoms with Crippen molar-refractivity contribution in [1.82, 2.24) is 9.97 Å². The Balaban J connectivity index is 2.18. The molecule has 0 saturated heterocycles. The number of benzene rings is 1. The molecular weight excluding hydrogens is 268 g/mol. The third kappa shape index (κ3) is 3.75. The molecule has 0 radical (unpaired) electrons. The van der Waals surface area contributed by atoms with Crippen molar-refractivity contribution >= 4 is 17.2 Å². The molecule has 0 amide bonds. The number of nitrogens with two attached hydrogens (primary N) is 1. The van der Waals surface area contributed by atoms with Gasteiger partial charge in [-0.05, 0) is 25.5 Å². The van der Waals surface area contributed by atoms with Crippen LogP contribution in [0.3, 0.4) is 0 Å². The highest BCUT2D eigenvalue weighted by atomic mass is 16.5. The Morgan fingerprint density at radius 2 is 2.14 bits per heavy atom. The molecule has 112 valence electrons. The molecule has 0 aliphatic heterocycles. The van der Waals surface area contributed by atoms with E-state index in [0.717, 1.165) is 17.9 Å². The zero-order valence-corrected chi connectivity index (χ0v) is 12.5. The molecule has 0 spiro atoms. The average molecular weight is 288 g/mol. The lowest BCUT2D eigenvalue weighted by Crippen LogP contribution is -2.09. The monoisotopic (exact) mass is 288 g/mol. The highest BCUT2D eigenvalue weighted by molar-refractivity contribution is 5.72. The second kappa shape index (κ2) is 6.78. The van der Waals surface area contributed by atoms with Crippen molar-refractivity contribution in [3.63, 3.8) is 0 Å². The van der Waals surface area contributed by atoms with Crippen LogP contribution in [0, 0.1) is 0 Å². The van der Waals surface area contributed by atoms with Crippen LogP contribution in [-0.4, -0.2) is 23.2 Å². The lowest BCUT2D eigenvalue weighted by atomic mass is 10.2. The largest absolute Gasteiger partial charge is 0.491 e. The van der Waals surface area contributed by atoms with E-state index in [0.29, 0.717) is 17.4 Å². The minimum Gasteiger partial charge on any atom is -0.491 e. The fourth-order valence-electron chi connectivity index (χ4n) is 1.74. The summed E-state index contributed by atoms with van der Waals surface area (Å²) < 4.78 is 10.9. The van der Waals surface area contributed by atoms with Crippen molar-refractivity contribution < 1.29 is 9.47 Å². The summed E-state index contributed by atoms with van der Waals surface area (Å²) in [5.74, 6) is 1.65. The first-order valence-corrected chi connectivity index (χ1v) is 6.82. The van der Waals surface area contributed by atoms with Gasteiger partial charge in [0.05, 0.1) is 13.2 Å². The summed E-state index contributed by atoms with van der Waals surface area (Å²) in [7, 11) is 1.52. The molecule has 1 aromatic heterocycles. The minimum atomic E-state index is 0.171. The molecule has 3 N–H and O–H groups in total. The maximum atomic E-state index is 5.94. The second-order valence-corrected chi connectivity index (χ2v) is 4.63. The number of nitrogens with one attached hydrogen (secondary N) is 1. The van der Waals surface area contributed by atoms with Crippen LogP contribution in [0.5, 0.6) is 11.6 Å². The smallest absolute Gasteiger partial charge is 0.242 e. The van der Waals surface area contributed by atoms with E-state index in [9.17, 15) is 0 Å². The van der Waals surface area contributed by atoms with Gasteiger partial charge in [0, 0.05) is 11.8 Å². The van der Waals surface area contributed by atoms with Gasteiger partial charge >= 0.3 is 0 Å². The number of aromatic nitrogens is 2. The number of anilines is 3. The van der Waals surface area contributed by atoms with Gasteiger partial charge < -0.3 is 20.5 Å². The van der Waals surface area contributed by atoms with Gasteiger partial charge in [0.15, 0.2) is 5.82 Å². The Bertz CT molecular complexity index is 604. The summed E-state index contributed by atoms with van der Waals surface area (Å²) in [5, 5.41) is 3.14. The molecule has 2 aromatic rings. The normalized spacial score (nSPS) is 11.8. The number of nitrogens with zero attached hydrogens (tertiary/aromatic N) is 2. The maximum Gasteiger partial charge on any atom is 0.242 e. The van der Waals surface area contributed by atoms with E-state index in [2.05, 4.69) is 22.2 Å². The molecule has 1 aromatic carbocycles. The molecule has 6 heteroatoms. The SMILES string of the molecule is CCC(C)Oc1cccc(Nc2ncnc(OC)c2N)c1. The van der Waals surface area contributed by atoms with E-state index < -0.39 is 0 Å². The second-order valence-electron chi connectivity index (χ2n) is 4.63. The Labute approximate surface area is 124 Å². The predicted octanol–water partition coefficient (Wildman–Crippen LogP) is 2.99. The van der Waals surface area contributed by atoms with Crippen LogP contribution >= 0.6 is 0 Å². The molecule has 6 nitrogen and oxygen atoms in total. The van der Waals surface area contributed by atoms with E-state index in [1.165, 1.54) is 13.4 Å². The first-order valence-electron chi connectivity index (χ1n) is 6.82. The van der Waals surface area contributed by atoms with Crippen LogP contribution in [0.2, 0.25) is 0 Å². The molecule has 1 heterocycles. The summed E-state index contributed by atoms with van der Waals surface area (Å²) in [6.07, 6.45) is 2.52. The van der Waals surface area contributed by atoms with Crippen LogP contribution in [-0.2, 0) is 0 Å². The van der Waals surface area contributed by atoms with E-state index in [-0.39, 0.29) is 6.10 Å². The van der Waals surface area contributed by atoms with E-state index >= 15 is 0 Å². The first kappa shape index (κ1) is 14.9. The summed E-state index contributed by atoms with van der Waals surface area (Å²) in [5.41, 5.74) is 7.14. The van der Waals surface area contributed by atoms with E-state index in [1.807, 2.05) is 31.2 Å². The first-order chi connectivity index (χ1) is 10.1. The van der Waals surface area contributed by atoms with Gasteiger partial charge in [0.1, 0.15) is 17.8 Å². The van der Waals surface area contributed by atoms with Crippen LogP contribution in [0.15, 0.2) is 30.6 Å². The standard InChI is InChI=1S/C15H20N4O2/c1-4-10(2)21-12-7-5-6-11(8-12)19-14-13(16)15(20-3)18-9-17-14/h5-10H,4,16H2,1-3H3,(H,17,18,19). The Kier molecular flexibility index (Phi) is 4.81. The number of rotatable bonds is 6. The van der Waals surface area contributed by atoms with Crippen molar-refractivity contribution in [3.8, 4) is 11.6 Å². The molecule has 21 heavy (non-hydrogen) atoms. The average Bonchev–Trinajstić information content (AvgIpc) is 2.49. The number of ether oxygens (including phenoxy) is 2. The number of hydrogen-bond acceptors (Lipinski definition) is 6. The van der Waals surface area contributed by atoms with Gasteiger partial charge in [-0.3, -0.25) is 0 Å². The van der Waals surface area contributed by atoms with Gasteiger partial charge in [-0.2, -0.15) is 4.98 Å². The fourth-order valence-corrected chi connectivity index (χ4v) is 1.74.